The molecule has 0 aliphatic rings. The molecule has 0 aliphatic heterocycles. The van der Waals surface area contributed by atoms with Gasteiger partial charge in [0.1, 0.15) is 92.8 Å². The van der Waals surface area contributed by atoms with Crippen molar-refractivity contribution in [2.75, 3.05) is 53.4 Å². The molecule has 15 aromatic rings. The van der Waals surface area contributed by atoms with Gasteiger partial charge in [0, 0.05) is 164 Å². The molecule has 15 rings (SSSR count). The van der Waals surface area contributed by atoms with Crippen LogP contribution in [0, 0.1) is 6.92 Å². The number of rotatable bonds is 41. The van der Waals surface area contributed by atoms with Crippen molar-refractivity contribution in [3.63, 3.8) is 0 Å². The number of ether oxygens (including phenoxy) is 1. The van der Waals surface area contributed by atoms with Crippen LogP contribution in [0.3, 0.4) is 0 Å². The Bertz CT molecular complexity index is 6340. The minimum absolute atomic E-state index is 0.327. The van der Waals surface area contributed by atoms with Crippen LogP contribution in [0.15, 0.2) is 269 Å². The summed E-state index contributed by atoms with van der Waals surface area (Å²) in [5, 5.41) is 64.7. The summed E-state index contributed by atoms with van der Waals surface area (Å²) in [6.07, 6.45) is 38.6. The number of aromatic nitrogens is 15. The first-order valence-electron chi connectivity index (χ1n) is 45.2. The van der Waals surface area contributed by atoms with Crippen molar-refractivity contribution in [3.8, 4) is 5.75 Å². The molecule has 140 heavy (non-hydrogen) atoms. The molecule has 0 saturated heterocycles. The monoisotopic (exact) mass is 1950 g/mol. The number of hydrogen-bond donors (Lipinski definition) is 8. The third-order valence-corrected chi connectivity index (χ3v) is 22.2. The zero-order valence-corrected chi connectivity index (χ0v) is 79.8. The van der Waals surface area contributed by atoms with Crippen molar-refractivity contribution >= 4 is 86.2 Å². The van der Waals surface area contributed by atoms with E-state index in [2.05, 4.69) is 130 Å². The highest BCUT2D eigenvalue weighted by Crippen LogP contribution is 2.24. The Kier molecular flexibility index (Phi) is 47.8. The average Bonchev–Trinajstić information content (AvgIpc) is 1.69. The Morgan fingerprint density at radius 2 is 0.579 bits per heavy atom. The van der Waals surface area contributed by atoms with Gasteiger partial charge in [-0.15, -0.1) is 0 Å². The highest BCUT2D eigenvalue weighted by molar-refractivity contribution is 6.31. The number of benzene rings is 7. The number of aliphatic hydroxyl groups excluding tert-OH is 7. The number of methoxy groups -OCH3 is 1. The second-order valence-electron chi connectivity index (χ2n) is 31.5. The lowest BCUT2D eigenvalue weighted by atomic mass is 10.1. The van der Waals surface area contributed by atoms with Crippen molar-refractivity contribution in [2.45, 2.75) is 129 Å². The Balaban J connectivity index is 0.000000183. The largest absolute Gasteiger partial charge is 0.496 e. The van der Waals surface area contributed by atoms with Crippen LogP contribution in [0.4, 0.5) is 0 Å². The standard InChI is InChI=1S/C17H17N3O2.3C15H15ClN2O2.C15H16N2O3.2C15H16N2O2/c21-11-16(22)13-9-19-17(20-10-13)7-3-4-12-8-18-15-6-2-1-5-14(12)15;16-13-5-1-3-11(7-13)4-2-6-15-17-8-12(9-18-15)14(20)10-19;16-13-6-2-1-4-11(13)5-3-7-15-17-8-12(9-18-15)14(20)10-19;16-13-6-4-11(5-7-13)2-1-3-15-17-8-12(9-18-15)14(20)10-19;1-20-14-5-3-2-4-11(14)6-7-15-16-8-12(9-17-15)13(19)10-18;1-11-3-2-4-12(7-11)5-6-15-16-8-13(9-17-15)14(19)10-18;18-11-14(19)13-9-16-15(17-10-13)8-4-7-12-5-2-1-3-6-12/h1-2,5-6,8-10,18,21H,3-4,7,11H2;1,3,5,7-9,19H,2,4,6,10H2;1-2,4,6,8-9,19H,3,5,7,10H2;4-9,19H,1-3,10H2;2-5,8-9,18H,6-7,10H2,1H3;2-4,7-9,18H,5-6,10H2,1H3;1-3,5-6,9-10,18H,4,7-8,11H2. The number of aromatic amines is 1. The van der Waals surface area contributed by atoms with Gasteiger partial charge >= 0.3 is 0 Å². The first-order valence-corrected chi connectivity index (χ1v) is 46.4. The molecule has 33 heteroatoms. The van der Waals surface area contributed by atoms with Gasteiger partial charge in [0.2, 0.25) is 0 Å². The topological polar surface area (TPSA) is 467 Å². The maximum Gasteiger partial charge on any atom is 0.191 e. The number of carbonyl (C=O) groups excluding carboxylic acids is 7. The van der Waals surface area contributed by atoms with Crippen molar-refractivity contribution < 1.29 is 74.0 Å². The zero-order chi connectivity index (χ0) is 100. The van der Waals surface area contributed by atoms with E-state index >= 15 is 0 Å². The first-order chi connectivity index (χ1) is 68.1. The Morgan fingerprint density at radius 1 is 0.271 bits per heavy atom. The number of fused-ring (bicyclic) bond motifs is 1. The minimum atomic E-state index is -0.524. The molecule has 30 nitrogen and oxygen atoms in total. The summed E-state index contributed by atoms with van der Waals surface area (Å²) < 4.78 is 5.29. The van der Waals surface area contributed by atoms with Crippen molar-refractivity contribution in [2.24, 2.45) is 0 Å². The van der Waals surface area contributed by atoms with Gasteiger partial charge in [-0.3, -0.25) is 33.6 Å². The van der Waals surface area contributed by atoms with E-state index in [4.69, 9.17) is 75.3 Å². The van der Waals surface area contributed by atoms with E-state index in [1.807, 2.05) is 133 Å². The van der Waals surface area contributed by atoms with E-state index < -0.39 is 46.2 Å². The number of nitrogens with one attached hydrogen (secondary N) is 1. The number of aryl methyl sites for hydroxylation is 15. The molecular weight excluding hydrogens is 1840 g/mol. The number of para-hydroxylation sites is 2. The molecule has 724 valence electrons. The maximum atomic E-state index is 11.3. The van der Waals surface area contributed by atoms with E-state index in [0.717, 1.165) is 159 Å². The molecule has 0 unspecified atom stereocenters. The van der Waals surface area contributed by atoms with E-state index in [0.29, 0.717) is 80.3 Å². The first kappa shape index (κ1) is 109. The molecule has 0 fully saturated rings. The zero-order valence-electron chi connectivity index (χ0n) is 77.6. The summed E-state index contributed by atoms with van der Waals surface area (Å²) >= 11 is 17.8. The second kappa shape index (κ2) is 61.1. The quantitative estimate of drug-likeness (QED) is 0.0165. The van der Waals surface area contributed by atoms with Crippen molar-refractivity contribution in [1.29, 1.82) is 0 Å². The second-order valence-corrected chi connectivity index (χ2v) is 32.8. The predicted octanol–water partition coefficient (Wildman–Crippen LogP) is 14.8. The predicted molar refractivity (Wildman–Crippen MR) is 532 cm³/mol. The van der Waals surface area contributed by atoms with Gasteiger partial charge in [0.15, 0.2) is 40.5 Å². The molecule has 8 heterocycles. The Labute approximate surface area is 826 Å². The summed E-state index contributed by atoms with van der Waals surface area (Å²) in [7, 11) is 1.64. The summed E-state index contributed by atoms with van der Waals surface area (Å²) in [6.45, 7) is -1.53. The SMILES string of the molecule is COc1ccccc1CCc1ncc(C(=O)CO)cn1.Cc1cccc(CCc2ncc(C(=O)CO)cn2)c1.O=C(CO)c1cnc(CCCc2c[nH]c3ccccc23)nc1.O=C(CO)c1cnc(CCCc2ccc(Cl)cc2)nc1.O=C(CO)c1cnc(CCCc2cccc(Cl)c2)nc1.O=C(CO)c1cnc(CCCc2ccccc2)nc1.O=C(CO)c1cnc(CCCc2ccccc2Cl)nc1. The molecule has 8 aromatic heterocycles. The number of aliphatic hydroxyl groups is 7. The van der Waals surface area contributed by atoms with Crippen LogP contribution in [-0.4, -0.2) is 204 Å². The van der Waals surface area contributed by atoms with Crippen molar-refractivity contribution in [3.05, 3.63) is 408 Å². The number of Topliss-reactive ketones (excluding diaryl/α,β-unsaturated/α-hetero) is 7. The van der Waals surface area contributed by atoms with Gasteiger partial charge in [-0.2, -0.15) is 0 Å². The number of halogens is 3. The van der Waals surface area contributed by atoms with Crippen LogP contribution in [0.2, 0.25) is 15.1 Å². The normalized spacial score (nSPS) is 10.5. The Morgan fingerprint density at radius 3 is 0.957 bits per heavy atom. The molecule has 0 atom stereocenters. The molecule has 0 bridgehead atoms. The van der Waals surface area contributed by atoms with Gasteiger partial charge in [-0.25, -0.2) is 69.8 Å². The summed E-state index contributed by atoms with van der Waals surface area (Å²) in [6, 6.07) is 57.9. The van der Waals surface area contributed by atoms with Crippen LogP contribution in [0.1, 0.15) is 190 Å². The molecule has 0 saturated carbocycles. The fraction of sp³-hybridized carbons (Fsp3) is 0.262. The molecular formula is C107H110Cl3N15O15. The lowest BCUT2D eigenvalue weighted by Crippen LogP contribution is -2.07. The third kappa shape index (κ3) is 38.6. The third-order valence-electron chi connectivity index (χ3n) is 21.3. The van der Waals surface area contributed by atoms with E-state index in [1.54, 1.807) is 7.11 Å². The van der Waals surface area contributed by atoms with Gasteiger partial charge in [0.05, 0.1) is 46.1 Å². The average molecular weight is 1950 g/mol. The van der Waals surface area contributed by atoms with E-state index in [1.165, 1.54) is 126 Å². The van der Waals surface area contributed by atoms with Crippen LogP contribution in [0.5, 0.6) is 5.75 Å². The highest BCUT2D eigenvalue weighted by atomic mass is 35.5. The molecule has 0 spiro atoms. The van der Waals surface area contributed by atoms with Crippen LogP contribution >= 0.6 is 34.8 Å². The molecule has 0 radical (unpaired) electrons. The molecule has 7 aromatic carbocycles. The summed E-state index contributed by atoms with van der Waals surface area (Å²) in [5.41, 5.74) is 13.2. The summed E-state index contributed by atoms with van der Waals surface area (Å²) in [5.74, 6) is 3.20. The maximum absolute atomic E-state index is 11.3. The van der Waals surface area contributed by atoms with Crippen LogP contribution in [0.25, 0.3) is 10.9 Å². The van der Waals surface area contributed by atoms with E-state index in [9.17, 15) is 33.6 Å². The lowest BCUT2D eigenvalue weighted by Gasteiger charge is -2.07. The molecule has 0 amide bonds. The number of hydrogen-bond acceptors (Lipinski definition) is 29. The fourth-order valence-corrected chi connectivity index (χ4v) is 14.1. The number of ketones is 7. The van der Waals surface area contributed by atoms with Crippen LogP contribution < -0.4 is 4.74 Å². The number of carbonyl (C=O) groups is 7. The van der Waals surface area contributed by atoms with Gasteiger partial charge in [0.25, 0.3) is 0 Å². The smallest absolute Gasteiger partial charge is 0.191 e. The number of H-pyrrole nitrogens is 1. The van der Waals surface area contributed by atoms with E-state index in [-0.39, 0.29) is 40.5 Å². The highest BCUT2D eigenvalue weighted by Gasteiger charge is 2.16. The molecule has 0 aliphatic carbocycles. The van der Waals surface area contributed by atoms with Crippen molar-refractivity contribution in [1.82, 2.24) is 74.8 Å². The fourth-order valence-electron chi connectivity index (χ4n) is 13.6. The minimum Gasteiger partial charge on any atom is -0.496 e. The van der Waals surface area contributed by atoms with Gasteiger partial charge < -0.3 is 45.5 Å². The molecule has 8 N–H and O–H groups in total. The lowest BCUT2D eigenvalue weighted by molar-refractivity contribution is 0.0897. The summed E-state index contributed by atoms with van der Waals surface area (Å²) in [4.78, 5) is 140. The van der Waals surface area contributed by atoms with Gasteiger partial charge in [-0.05, 0) is 165 Å². The Hall–Kier alpha value is -14.3. The number of nitrogens with zero attached hydrogens (tertiary/aromatic N) is 14. The van der Waals surface area contributed by atoms with Gasteiger partial charge in [-0.1, -0.05) is 174 Å². The van der Waals surface area contributed by atoms with Crippen LogP contribution in [-0.2, 0) is 89.9 Å².